The van der Waals surface area contributed by atoms with Gasteiger partial charge >= 0.3 is 0 Å². The van der Waals surface area contributed by atoms with Crippen molar-refractivity contribution in [3.63, 3.8) is 0 Å². The normalized spacial score (nSPS) is 10.3. The second-order valence-electron chi connectivity index (χ2n) is 4.08. The molecule has 0 aromatic heterocycles. The summed E-state index contributed by atoms with van der Waals surface area (Å²) in [6.45, 7) is 2.04. The zero-order valence-electron chi connectivity index (χ0n) is 9.40. The summed E-state index contributed by atoms with van der Waals surface area (Å²) in [5.74, 6) is 0. The standard InChI is InChI=1S/C14H16N2/c1-10-6-7-12(14(16)8-10)9-11-4-2-3-5-13(11)15/h2-8H,9,15-16H2,1H3. The number of rotatable bonds is 2. The highest BCUT2D eigenvalue weighted by Crippen LogP contribution is 2.21. The SMILES string of the molecule is Cc1ccc(Cc2ccccc2N)c(N)c1. The minimum Gasteiger partial charge on any atom is -0.398 e. The van der Waals surface area contributed by atoms with Crippen molar-refractivity contribution in [1.29, 1.82) is 0 Å². The number of benzene rings is 2. The fourth-order valence-electron chi connectivity index (χ4n) is 1.78. The Morgan fingerprint density at radius 3 is 2.25 bits per heavy atom. The molecule has 2 aromatic rings. The summed E-state index contributed by atoms with van der Waals surface area (Å²) in [5, 5.41) is 0. The van der Waals surface area contributed by atoms with E-state index in [1.54, 1.807) is 0 Å². The predicted octanol–water partition coefficient (Wildman–Crippen LogP) is 2.75. The first kappa shape index (κ1) is 10.6. The van der Waals surface area contributed by atoms with Gasteiger partial charge in [-0.2, -0.15) is 0 Å². The van der Waals surface area contributed by atoms with Gasteiger partial charge < -0.3 is 11.5 Å². The van der Waals surface area contributed by atoms with Crippen molar-refractivity contribution in [2.24, 2.45) is 0 Å². The van der Waals surface area contributed by atoms with Gasteiger partial charge in [0.25, 0.3) is 0 Å². The molecule has 0 heterocycles. The third-order valence-electron chi connectivity index (χ3n) is 2.74. The Balaban J connectivity index is 2.31. The zero-order chi connectivity index (χ0) is 11.5. The van der Waals surface area contributed by atoms with Crippen LogP contribution in [0.1, 0.15) is 16.7 Å². The van der Waals surface area contributed by atoms with E-state index >= 15 is 0 Å². The first-order valence-electron chi connectivity index (χ1n) is 5.35. The lowest BCUT2D eigenvalue weighted by Crippen LogP contribution is -1.99. The Morgan fingerprint density at radius 2 is 1.56 bits per heavy atom. The van der Waals surface area contributed by atoms with E-state index in [4.69, 9.17) is 11.5 Å². The van der Waals surface area contributed by atoms with Crippen molar-refractivity contribution >= 4 is 11.4 Å². The highest BCUT2D eigenvalue weighted by Gasteiger charge is 2.03. The van der Waals surface area contributed by atoms with Crippen LogP contribution in [0.5, 0.6) is 0 Å². The van der Waals surface area contributed by atoms with Crippen molar-refractivity contribution in [3.8, 4) is 0 Å². The van der Waals surface area contributed by atoms with E-state index in [-0.39, 0.29) is 0 Å². The van der Waals surface area contributed by atoms with Gasteiger partial charge in [-0.1, -0.05) is 30.3 Å². The summed E-state index contributed by atoms with van der Waals surface area (Å²) < 4.78 is 0. The van der Waals surface area contributed by atoms with Crippen LogP contribution in [0.15, 0.2) is 42.5 Å². The largest absolute Gasteiger partial charge is 0.398 e. The maximum atomic E-state index is 5.98. The fraction of sp³-hybridized carbons (Fsp3) is 0.143. The average molecular weight is 212 g/mol. The highest BCUT2D eigenvalue weighted by molar-refractivity contribution is 5.55. The molecule has 2 rings (SSSR count). The van der Waals surface area contributed by atoms with Gasteiger partial charge in [0.15, 0.2) is 0 Å². The molecule has 2 aromatic carbocycles. The third kappa shape index (κ3) is 2.16. The van der Waals surface area contributed by atoms with Gasteiger partial charge in [0.2, 0.25) is 0 Å². The minimum absolute atomic E-state index is 0.790. The third-order valence-corrected chi connectivity index (χ3v) is 2.74. The Kier molecular flexibility index (Phi) is 2.82. The van der Waals surface area contributed by atoms with E-state index in [0.29, 0.717) is 0 Å². The molecule has 2 nitrogen and oxygen atoms in total. The number of anilines is 2. The van der Waals surface area contributed by atoms with Crippen molar-refractivity contribution < 1.29 is 0 Å². The smallest absolute Gasteiger partial charge is 0.0352 e. The lowest BCUT2D eigenvalue weighted by atomic mass is 10.0. The first-order valence-corrected chi connectivity index (χ1v) is 5.35. The Morgan fingerprint density at radius 1 is 0.875 bits per heavy atom. The van der Waals surface area contributed by atoms with Crippen molar-refractivity contribution in [2.75, 3.05) is 11.5 Å². The van der Waals surface area contributed by atoms with Crippen LogP contribution in [0.2, 0.25) is 0 Å². The molecule has 0 unspecified atom stereocenters. The minimum atomic E-state index is 0.790. The maximum absolute atomic E-state index is 5.98. The second kappa shape index (κ2) is 4.27. The van der Waals surface area contributed by atoms with Crippen LogP contribution < -0.4 is 11.5 Å². The molecule has 16 heavy (non-hydrogen) atoms. The molecule has 82 valence electrons. The Hall–Kier alpha value is -1.96. The monoisotopic (exact) mass is 212 g/mol. The maximum Gasteiger partial charge on any atom is 0.0352 e. The Labute approximate surface area is 95.9 Å². The molecule has 0 aliphatic heterocycles. The molecule has 0 saturated carbocycles. The predicted molar refractivity (Wildman–Crippen MR) is 69.3 cm³/mol. The lowest BCUT2D eigenvalue weighted by Gasteiger charge is -2.08. The Bertz CT molecular complexity index is 504. The van der Waals surface area contributed by atoms with Crippen LogP contribution in [-0.4, -0.2) is 0 Å². The van der Waals surface area contributed by atoms with E-state index in [2.05, 4.69) is 12.1 Å². The molecule has 2 heteroatoms. The van der Waals surface area contributed by atoms with Crippen LogP contribution in [0.25, 0.3) is 0 Å². The summed E-state index contributed by atoms with van der Waals surface area (Å²) in [4.78, 5) is 0. The van der Waals surface area contributed by atoms with Gasteiger partial charge in [-0.3, -0.25) is 0 Å². The number of hydrogen-bond acceptors (Lipinski definition) is 2. The number of nitrogens with two attached hydrogens (primary N) is 2. The van der Waals surface area contributed by atoms with Gasteiger partial charge in [-0.15, -0.1) is 0 Å². The van der Waals surface area contributed by atoms with Gasteiger partial charge in [0.05, 0.1) is 0 Å². The summed E-state index contributed by atoms with van der Waals surface area (Å²) in [6.07, 6.45) is 0.790. The molecular weight excluding hydrogens is 196 g/mol. The van der Waals surface area contributed by atoms with Gasteiger partial charge in [-0.05, 0) is 35.7 Å². The molecule has 0 spiro atoms. The van der Waals surface area contributed by atoms with Crippen molar-refractivity contribution in [1.82, 2.24) is 0 Å². The van der Waals surface area contributed by atoms with E-state index in [1.165, 1.54) is 5.56 Å². The summed E-state index contributed by atoms with van der Waals surface area (Å²) >= 11 is 0. The van der Waals surface area contributed by atoms with Crippen molar-refractivity contribution in [2.45, 2.75) is 13.3 Å². The molecule has 0 amide bonds. The van der Waals surface area contributed by atoms with E-state index in [0.717, 1.165) is 28.9 Å². The number of nitrogen functional groups attached to an aromatic ring is 2. The van der Waals surface area contributed by atoms with E-state index < -0.39 is 0 Å². The first-order chi connectivity index (χ1) is 7.66. The van der Waals surface area contributed by atoms with Crippen LogP contribution in [0.3, 0.4) is 0 Å². The van der Waals surface area contributed by atoms with Gasteiger partial charge in [0, 0.05) is 17.8 Å². The topological polar surface area (TPSA) is 52.0 Å². The summed E-state index contributed by atoms with van der Waals surface area (Å²) in [6, 6.07) is 14.0. The van der Waals surface area contributed by atoms with Crippen LogP contribution in [-0.2, 0) is 6.42 Å². The average Bonchev–Trinajstić information content (AvgIpc) is 2.25. The van der Waals surface area contributed by atoms with Gasteiger partial charge in [-0.25, -0.2) is 0 Å². The molecule has 0 aliphatic rings. The molecule has 0 aliphatic carbocycles. The second-order valence-corrected chi connectivity index (χ2v) is 4.08. The molecule has 0 radical (unpaired) electrons. The van der Waals surface area contributed by atoms with Crippen molar-refractivity contribution in [3.05, 3.63) is 59.2 Å². The molecule has 0 saturated heterocycles. The van der Waals surface area contributed by atoms with Crippen LogP contribution in [0, 0.1) is 6.92 Å². The van der Waals surface area contributed by atoms with Crippen LogP contribution in [0.4, 0.5) is 11.4 Å². The molecular formula is C14H16N2. The molecule has 0 fully saturated rings. The zero-order valence-corrected chi connectivity index (χ0v) is 9.40. The lowest BCUT2D eigenvalue weighted by molar-refractivity contribution is 1.19. The number of aryl methyl sites for hydroxylation is 1. The van der Waals surface area contributed by atoms with E-state index in [9.17, 15) is 0 Å². The number of para-hydroxylation sites is 1. The van der Waals surface area contributed by atoms with Crippen LogP contribution >= 0.6 is 0 Å². The fourth-order valence-corrected chi connectivity index (χ4v) is 1.78. The molecule has 0 atom stereocenters. The van der Waals surface area contributed by atoms with Gasteiger partial charge in [0.1, 0.15) is 0 Å². The summed E-state index contributed by atoms with van der Waals surface area (Å²) in [7, 11) is 0. The molecule has 0 bridgehead atoms. The summed E-state index contributed by atoms with van der Waals surface area (Å²) in [5.41, 5.74) is 17.0. The quantitative estimate of drug-likeness (QED) is 0.752. The highest BCUT2D eigenvalue weighted by atomic mass is 14.6. The molecule has 4 N–H and O–H groups in total. The number of hydrogen-bond donors (Lipinski definition) is 2. The van der Waals surface area contributed by atoms with E-state index in [1.807, 2.05) is 37.3 Å².